The van der Waals surface area contributed by atoms with Crippen LogP contribution < -0.4 is 19.5 Å². The van der Waals surface area contributed by atoms with Gasteiger partial charge in [0.2, 0.25) is 5.75 Å². The molecule has 1 aliphatic heterocycles. The van der Waals surface area contributed by atoms with Crippen molar-refractivity contribution >= 4 is 5.78 Å². The van der Waals surface area contributed by atoms with Crippen LogP contribution in [0.25, 0.3) is 0 Å². The molecule has 0 radical (unpaired) electrons. The van der Waals surface area contributed by atoms with Crippen molar-refractivity contribution in [1.29, 1.82) is 0 Å². The normalized spacial score (nSPS) is 21.0. The van der Waals surface area contributed by atoms with Crippen molar-refractivity contribution in [2.45, 2.75) is 38.3 Å². The summed E-state index contributed by atoms with van der Waals surface area (Å²) in [5.74, 6) is 2.02. The Morgan fingerprint density at radius 3 is 2.10 bits per heavy atom. The average molecular weight is 293 g/mol. The van der Waals surface area contributed by atoms with Crippen LogP contribution in [-0.4, -0.2) is 32.7 Å². The van der Waals surface area contributed by atoms with E-state index < -0.39 is 0 Å². The summed E-state index contributed by atoms with van der Waals surface area (Å²) < 4.78 is 16.1. The Balaban J connectivity index is 2.41. The second-order valence-electron chi connectivity index (χ2n) is 5.96. The molecule has 0 amide bonds. The summed E-state index contributed by atoms with van der Waals surface area (Å²) in [6.45, 7) is 4.07. The van der Waals surface area contributed by atoms with Crippen LogP contribution in [0.3, 0.4) is 0 Å². The van der Waals surface area contributed by atoms with Crippen LogP contribution in [0.4, 0.5) is 0 Å². The average Bonchev–Trinajstić information content (AvgIpc) is 2.43. The van der Waals surface area contributed by atoms with Crippen LogP contribution in [0.15, 0.2) is 12.1 Å². The molecule has 116 valence electrons. The molecule has 0 aliphatic carbocycles. The molecule has 0 unspecified atom stereocenters. The Morgan fingerprint density at radius 2 is 1.67 bits per heavy atom. The molecule has 1 saturated heterocycles. The van der Waals surface area contributed by atoms with E-state index >= 15 is 0 Å². The van der Waals surface area contributed by atoms with Gasteiger partial charge < -0.3 is 19.5 Å². The summed E-state index contributed by atoms with van der Waals surface area (Å²) in [6, 6.07) is 3.75. The van der Waals surface area contributed by atoms with E-state index in [4.69, 9.17) is 14.2 Å². The summed E-state index contributed by atoms with van der Waals surface area (Å²) in [5.41, 5.74) is 0.756. The lowest BCUT2D eigenvalue weighted by Crippen LogP contribution is -2.48. The second-order valence-corrected chi connectivity index (χ2v) is 5.96. The number of ketones is 1. The highest BCUT2D eigenvalue weighted by Gasteiger charge is 2.33. The quantitative estimate of drug-likeness (QED) is 0.924. The van der Waals surface area contributed by atoms with Crippen molar-refractivity contribution in [1.82, 2.24) is 5.32 Å². The van der Waals surface area contributed by atoms with Gasteiger partial charge in [-0.2, -0.15) is 0 Å². The molecule has 5 nitrogen and oxygen atoms in total. The van der Waals surface area contributed by atoms with E-state index in [0.717, 1.165) is 5.56 Å². The zero-order valence-electron chi connectivity index (χ0n) is 13.3. The first-order valence-electron chi connectivity index (χ1n) is 6.99. The van der Waals surface area contributed by atoms with Gasteiger partial charge in [0, 0.05) is 24.4 Å². The number of hydrogen-bond donors (Lipinski definition) is 1. The summed E-state index contributed by atoms with van der Waals surface area (Å²) in [5, 5.41) is 3.51. The molecule has 1 aromatic carbocycles. The fourth-order valence-corrected chi connectivity index (χ4v) is 2.87. The van der Waals surface area contributed by atoms with E-state index in [9.17, 15) is 4.79 Å². The minimum Gasteiger partial charge on any atom is -0.493 e. The topological polar surface area (TPSA) is 56.8 Å². The lowest BCUT2D eigenvalue weighted by atomic mass is 9.85. The van der Waals surface area contributed by atoms with Crippen molar-refractivity contribution in [3.8, 4) is 17.2 Å². The molecule has 1 fully saturated rings. The highest BCUT2D eigenvalue weighted by molar-refractivity contribution is 5.81. The van der Waals surface area contributed by atoms with Crippen molar-refractivity contribution in [3.63, 3.8) is 0 Å². The molecule has 1 N–H and O–H groups in total. The van der Waals surface area contributed by atoms with Gasteiger partial charge in [-0.25, -0.2) is 0 Å². The number of hydrogen-bond acceptors (Lipinski definition) is 5. The number of rotatable bonds is 4. The summed E-state index contributed by atoms with van der Waals surface area (Å²) in [6.07, 6.45) is 1.02. The van der Waals surface area contributed by atoms with Crippen molar-refractivity contribution in [2.24, 2.45) is 0 Å². The van der Waals surface area contributed by atoms with E-state index in [-0.39, 0.29) is 17.4 Å². The van der Waals surface area contributed by atoms with E-state index in [1.807, 2.05) is 26.0 Å². The summed E-state index contributed by atoms with van der Waals surface area (Å²) >= 11 is 0. The highest BCUT2D eigenvalue weighted by Crippen LogP contribution is 2.41. The Hall–Kier alpha value is -1.75. The molecule has 2 rings (SSSR count). The number of carbonyl (C=O) groups is 1. The van der Waals surface area contributed by atoms with Gasteiger partial charge in [0.1, 0.15) is 5.78 Å². The maximum atomic E-state index is 12.0. The molecular formula is C16H23NO4. The summed E-state index contributed by atoms with van der Waals surface area (Å²) in [7, 11) is 4.75. The highest BCUT2D eigenvalue weighted by atomic mass is 16.5. The number of benzene rings is 1. The molecule has 21 heavy (non-hydrogen) atoms. The van der Waals surface area contributed by atoms with Crippen LogP contribution in [-0.2, 0) is 4.79 Å². The first-order chi connectivity index (χ1) is 9.90. The van der Waals surface area contributed by atoms with E-state index in [1.165, 1.54) is 0 Å². The van der Waals surface area contributed by atoms with Crippen LogP contribution >= 0.6 is 0 Å². The molecule has 1 aromatic rings. The zero-order chi connectivity index (χ0) is 15.6. The van der Waals surface area contributed by atoms with E-state index in [1.54, 1.807) is 21.3 Å². The van der Waals surface area contributed by atoms with E-state index in [0.29, 0.717) is 30.1 Å². The predicted octanol–water partition coefficient (Wildman–Crippen LogP) is 2.48. The van der Waals surface area contributed by atoms with Gasteiger partial charge in [-0.05, 0) is 31.5 Å². The standard InChI is InChI=1S/C16H23NO4/c1-16(2)9-11(18)8-12(17-16)10-6-13(19-3)15(21-5)14(7-10)20-4/h6-7,12,17H,8-9H2,1-5H3/t12-/m0/s1. The molecule has 0 saturated carbocycles. The third-order valence-electron chi connectivity index (χ3n) is 3.73. The largest absolute Gasteiger partial charge is 0.493 e. The van der Waals surface area contributed by atoms with Crippen LogP contribution in [0, 0.1) is 0 Å². The zero-order valence-corrected chi connectivity index (χ0v) is 13.3. The Kier molecular flexibility index (Phi) is 4.42. The fraction of sp³-hybridized carbons (Fsp3) is 0.562. The summed E-state index contributed by atoms with van der Waals surface area (Å²) in [4.78, 5) is 12.0. The monoisotopic (exact) mass is 293 g/mol. The van der Waals surface area contributed by atoms with Crippen molar-refractivity contribution in [3.05, 3.63) is 17.7 Å². The third kappa shape index (κ3) is 3.29. The van der Waals surface area contributed by atoms with E-state index in [2.05, 4.69) is 5.32 Å². The molecule has 5 heteroatoms. The fourth-order valence-electron chi connectivity index (χ4n) is 2.87. The molecule has 1 aliphatic rings. The van der Waals surface area contributed by atoms with Gasteiger partial charge >= 0.3 is 0 Å². The predicted molar refractivity (Wildman–Crippen MR) is 80.3 cm³/mol. The maximum absolute atomic E-state index is 12.0. The van der Waals surface area contributed by atoms with Crippen LogP contribution in [0.1, 0.15) is 38.3 Å². The second kappa shape index (κ2) is 5.93. The smallest absolute Gasteiger partial charge is 0.203 e. The van der Waals surface area contributed by atoms with Gasteiger partial charge in [0.05, 0.1) is 21.3 Å². The van der Waals surface area contributed by atoms with Gasteiger partial charge in [-0.3, -0.25) is 4.79 Å². The Morgan fingerprint density at radius 1 is 1.10 bits per heavy atom. The van der Waals surface area contributed by atoms with Crippen molar-refractivity contribution < 1.29 is 19.0 Å². The van der Waals surface area contributed by atoms with Crippen LogP contribution in [0.2, 0.25) is 0 Å². The number of methoxy groups -OCH3 is 3. The number of nitrogens with one attached hydrogen (secondary N) is 1. The van der Waals surface area contributed by atoms with Crippen LogP contribution in [0.5, 0.6) is 17.2 Å². The minimum atomic E-state index is -0.208. The number of carbonyl (C=O) groups excluding carboxylic acids is 1. The first-order valence-corrected chi connectivity index (χ1v) is 6.99. The maximum Gasteiger partial charge on any atom is 0.203 e. The molecule has 0 spiro atoms. The first kappa shape index (κ1) is 15.6. The molecule has 1 atom stereocenters. The number of ether oxygens (including phenoxy) is 3. The minimum absolute atomic E-state index is 0.0463. The lowest BCUT2D eigenvalue weighted by molar-refractivity contribution is -0.122. The van der Waals surface area contributed by atoms with Gasteiger partial charge in [0.15, 0.2) is 11.5 Å². The number of Topliss-reactive ketones (excluding diaryl/α,β-unsaturated/α-hetero) is 1. The Bertz CT molecular complexity index is 514. The van der Waals surface area contributed by atoms with Gasteiger partial charge in [-0.1, -0.05) is 0 Å². The SMILES string of the molecule is COc1cc([C@@H]2CC(=O)CC(C)(C)N2)cc(OC)c1OC. The Labute approximate surface area is 125 Å². The van der Waals surface area contributed by atoms with Gasteiger partial charge in [0.25, 0.3) is 0 Å². The molecule has 0 aromatic heterocycles. The van der Waals surface area contributed by atoms with Gasteiger partial charge in [-0.15, -0.1) is 0 Å². The number of piperidine rings is 1. The molecule has 1 heterocycles. The molecular weight excluding hydrogens is 270 g/mol. The van der Waals surface area contributed by atoms with Crippen molar-refractivity contribution in [2.75, 3.05) is 21.3 Å². The molecule has 0 bridgehead atoms. The third-order valence-corrected chi connectivity index (χ3v) is 3.73. The lowest BCUT2D eigenvalue weighted by Gasteiger charge is -2.36.